The number of methoxy groups -OCH3 is 1. The molecule has 0 aliphatic carbocycles. The summed E-state index contributed by atoms with van der Waals surface area (Å²) in [5, 5.41) is 15.4. The SMILES string of the molecule is COC(=O)Nc1c(N)nc(-c2nn(Cc3ccccc3F)c3nnccc23)nc1N. The Morgan fingerprint density at radius 2 is 1.93 bits per heavy atom. The van der Waals surface area contributed by atoms with Crippen LogP contribution in [0.1, 0.15) is 5.56 Å². The molecule has 4 aromatic rings. The van der Waals surface area contributed by atoms with Gasteiger partial charge in [-0.15, -0.1) is 5.10 Å². The number of nitrogens with two attached hydrogens (primary N) is 2. The van der Waals surface area contributed by atoms with E-state index in [1.807, 2.05) is 0 Å². The average Bonchev–Trinajstić information content (AvgIpc) is 3.10. The van der Waals surface area contributed by atoms with Crippen LogP contribution in [-0.2, 0) is 11.3 Å². The minimum atomic E-state index is -0.764. The van der Waals surface area contributed by atoms with Crippen LogP contribution in [0.4, 0.5) is 26.5 Å². The Morgan fingerprint density at radius 3 is 2.63 bits per heavy atom. The number of carbonyl (C=O) groups excluding carboxylic acids is 1. The first-order valence-corrected chi connectivity index (χ1v) is 8.68. The molecular weight excluding hydrogens is 393 g/mol. The van der Waals surface area contributed by atoms with Gasteiger partial charge in [-0.1, -0.05) is 18.2 Å². The quantitative estimate of drug-likeness (QED) is 0.456. The molecule has 4 rings (SSSR count). The van der Waals surface area contributed by atoms with Gasteiger partial charge in [0.25, 0.3) is 0 Å². The maximum atomic E-state index is 14.1. The van der Waals surface area contributed by atoms with Gasteiger partial charge in [0.15, 0.2) is 23.1 Å². The summed E-state index contributed by atoms with van der Waals surface area (Å²) >= 11 is 0. The van der Waals surface area contributed by atoms with Crippen molar-refractivity contribution in [2.24, 2.45) is 0 Å². The number of ether oxygens (including phenoxy) is 1. The summed E-state index contributed by atoms with van der Waals surface area (Å²) in [7, 11) is 1.20. The van der Waals surface area contributed by atoms with Crippen LogP contribution in [0.3, 0.4) is 0 Å². The summed E-state index contributed by atoms with van der Waals surface area (Å²) in [6.45, 7) is 0.120. The molecule has 0 aliphatic heterocycles. The van der Waals surface area contributed by atoms with Crippen LogP contribution < -0.4 is 16.8 Å². The van der Waals surface area contributed by atoms with Crippen LogP contribution in [0.15, 0.2) is 36.5 Å². The Hall–Kier alpha value is -4.35. The Kier molecular flexibility index (Phi) is 4.80. The molecule has 1 amide bonds. The lowest BCUT2D eigenvalue weighted by atomic mass is 10.2. The predicted molar refractivity (Wildman–Crippen MR) is 107 cm³/mol. The third-order valence-corrected chi connectivity index (χ3v) is 4.29. The molecular formula is C18H16FN9O2. The van der Waals surface area contributed by atoms with Gasteiger partial charge in [-0.3, -0.25) is 5.32 Å². The Labute approximate surface area is 168 Å². The molecule has 152 valence electrons. The number of nitrogen functional groups attached to an aromatic ring is 2. The molecule has 0 spiro atoms. The maximum Gasteiger partial charge on any atom is 0.411 e. The van der Waals surface area contributed by atoms with Crippen LogP contribution in [0.2, 0.25) is 0 Å². The summed E-state index contributed by atoms with van der Waals surface area (Å²) in [4.78, 5) is 19.9. The van der Waals surface area contributed by atoms with E-state index in [4.69, 9.17) is 11.5 Å². The van der Waals surface area contributed by atoms with E-state index in [-0.39, 0.29) is 35.5 Å². The third kappa shape index (κ3) is 3.41. The molecule has 0 atom stereocenters. The molecule has 0 fully saturated rings. The van der Waals surface area contributed by atoms with E-state index >= 15 is 0 Å². The lowest BCUT2D eigenvalue weighted by molar-refractivity contribution is 0.187. The number of halogens is 1. The third-order valence-electron chi connectivity index (χ3n) is 4.29. The Morgan fingerprint density at radius 1 is 1.20 bits per heavy atom. The summed E-state index contributed by atoms with van der Waals surface area (Å²) in [5.41, 5.74) is 13.1. The number of hydrogen-bond donors (Lipinski definition) is 3. The highest BCUT2D eigenvalue weighted by Crippen LogP contribution is 2.30. The maximum absolute atomic E-state index is 14.1. The number of aromatic nitrogens is 6. The highest BCUT2D eigenvalue weighted by molar-refractivity contribution is 5.94. The van der Waals surface area contributed by atoms with Gasteiger partial charge in [-0.2, -0.15) is 10.2 Å². The van der Waals surface area contributed by atoms with Crippen molar-refractivity contribution in [3.8, 4) is 11.5 Å². The number of rotatable bonds is 4. The molecule has 0 radical (unpaired) electrons. The summed E-state index contributed by atoms with van der Waals surface area (Å²) in [6.07, 6.45) is 0.723. The van der Waals surface area contributed by atoms with Crippen molar-refractivity contribution < 1.29 is 13.9 Å². The molecule has 1 aromatic carbocycles. The fourth-order valence-corrected chi connectivity index (χ4v) is 2.87. The van der Waals surface area contributed by atoms with Crippen LogP contribution in [0.25, 0.3) is 22.6 Å². The molecule has 30 heavy (non-hydrogen) atoms. The van der Waals surface area contributed by atoms with Crippen LogP contribution in [-0.4, -0.2) is 43.1 Å². The van der Waals surface area contributed by atoms with E-state index in [1.54, 1.807) is 24.3 Å². The number of anilines is 3. The zero-order valence-corrected chi connectivity index (χ0v) is 15.7. The van der Waals surface area contributed by atoms with Crippen molar-refractivity contribution in [1.29, 1.82) is 0 Å². The molecule has 0 saturated heterocycles. The molecule has 0 aliphatic rings. The van der Waals surface area contributed by atoms with E-state index in [9.17, 15) is 9.18 Å². The first-order valence-electron chi connectivity index (χ1n) is 8.68. The molecule has 3 aromatic heterocycles. The highest BCUT2D eigenvalue weighted by atomic mass is 19.1. The monoisotopic (exact) mass is 409 g/mol. The van der Waals surface area contributed by atoms with Gasteiger partial charge in [-0.05, 0) is 12.1 Å². The number of benzene rings is 1. The molecule has 12 heteroatoms. The van der Waals surface area contributed by atoms with E-state index in [1.165, 1.54) is 24.1 Å². The van der Waals surface area contributed by atoms with Crippen molar-refractivity contribution in [2.75, 3.05) is 23.9 Å². The van der Waals surface area contributed by atoms with Gasteiger partial charge >= 0.3 is 6.09 Å². The zero-order chi connectivity index (χ0) is 21.3. The fourth-order valence-electron chi connectivity index (χ4n) is 2.87. The first kappa shape index (κ1) is 19.0. The van der Waals surface area contributed by atoms with E-state index in [0.29, 0.717) is 22.3 Å². The number of amides is 1. The lowest BCUT2D eigenvalue weighted by Gasteiger charge is -2.10. The normalized spacial score (nSPS) is 10.9. The number of hydrogen-bond acceptors (Lipinski definition) is 9. The van der Waals surface area contributed by atoms with Crippen LogP contribution >= 0.6 is 0 Å². The predicted octanol–water partition coefficient (Wildman–Crippen LogP) is 1.81. The molecule has 0 saturated carbocycles. The largest absolute Gasteiger partial charge is 0.453 e. The zero-order valence-electron chi connectivity index (χ0n) is 15.7. The number of nitrogens with zero attached hydrogens (tertiary/aromatic N) is 6. The smallest absolute Gasteiger partial charge is 0.411 e. The van der Waals surface area contributed by atoms with E-state index < -0.39 is 6.09 Å². The minimum absolute atomic E-state index is 0.0282. The average molecular weight is 409 g/mol. The molecule has 0 unspecified atom stereocenters. The van der Waals surface area contributed by atoms with Gasteiger partial charge in [0.2, 0.25) is 0 Å². The van der Waals surface area contributed by atoms with Gasteiger partial charge < -0.3 is 16.2 Å². The van der Waals surface area contributed by atoms with Crippen molar-refractivity contribution >= 4 is 34.4 Å². The lowest BCUT2D eigenvalue weighted by Crippen LogP contribution is -2.16. The summed E-state index contributed by atoms with van der Waals surface area (Å²) in [6, 6.07) is 8.03. The highest BCUT2D eigenvalue weighted by Gasteiger charge is 2.20. The second kappa shape index (κ2) is 7.58. The topological polar surface area (TPSA) is 160 Å². The van der Waals surface area contributed by atoms with E-state index in [2.05, 4.69) is 35.3 Å². The van der Waals surface area contributed by atoms with Crippen LogP contribution in [0.5, 0.6) is 0 Å². The van der Waals surface area contributed by atoms with Crippen molar-refractivity contribution in [1.82, 2.24) is 29.9 Å². The number of fused-ring (bicyclic) bond motifs is 1. The van der Waals surface area contributed by atoms with Gasteiger partial charge in [0.05, 0.1) is 25.2 Å². The second-order valence-corrected chi connectivity index (χ2v) is 6.18. The number of nitrogens with one attached hydrogen (secondary N) is 1. The summed E-state index contributed by atoms with van der Waals surface area (Å²) in [5.74, 6) is -0.385. The summed E-state index contributed by atoms with van der Waals surface area (Å²) < 4.78 is 20.1. The minimum Gasteiger partial charge on any atom is -0.453 e. The first-order chi connectivity index (χ1) is 14.5. The molecule has 0 bridgehead atoms. The van der Waals surface area contributed by atoms with Crippen molar-refractivity contribution in [3.63, 3.8) is 0 Å². The van der Waals surface area contributed by atoms with Crippen molar-refractivity contribution in [3.05, 3.63) is 47.9 Å². The fraction of sp³-hybridized carbons (Fsp3) is 0.111. The molecule has 3 heterocycles. The number of carbonyl (C=O) groups is 1. The molecule has 11 nitrogen and oxygen atoms in total. The van der Waals surface area contributed by atoms with Gasteiger partial charge in [0, 0.05) is 5.56 Å². The van der Waals surface area contributed by atoms with E-state index in [0.717, 1.165) is 0 Å². The molecule has 5 N–H and O–H groups in total. The van der Waals surface area contributed by atoms with Crippen molar-refractivity contribution in [2.45, 2.75) is 6.54 Å². The second-order valence-electron chi connectivity index (χ2n) is 6.18. The van der Waals surface area contributed by atoms with Gasteiger partial charge in [0.1, 0.15) is 17.2 Å². The van der Waals surface area contributed by atoms with Crippen LogP contribution in [0, 0.1) is 5.82 Å². The standard InChI is InChI=1S/C18H16FN9O2/c1-30-18(29)23-13-14(20)24-16(25-15(13)21)12-10-6-7-22-26-17(10)28(27-12)8-9-4-2-3-5-11(9)19/h2-7H,8H2,1H3,(H,23,29)(H4,20,21,24,25). The Balaban J connectivity index is 1.80. The Bertz CT molecular complexity index is 1230. The van der Waals surface area contributed by atoms with Gasteiger partial charge in [-0.25, -0.2) is 23.8 Å².